The van der Waals surface area contributed by atoms with Crippen LogP contribution >= 0.6 is 0 Å². The summed E-state index contributed by atoms with van der Waals surface area (Å²) in [4.78, 5) is 15.6. The van der Waals surface area contributed by atoms with E-state index < -0.39 is 0 Å². The van der Waals surface area contributed by atoms with E-state index in [0.717, 1.165) is 88.7 Å². The fourth-order valence-corrected chi connectivity index (χ4v) is 8.97. The van der Waals surface area contributed by atoms with E-state index >= 15 is 0 Å². The lowest BCUT2D eigenvalue weighted by Crippen LogP contribution is -2.00. The van der Waals surface area contributed by atoms with Gasteiger partial charge in [-0.05, 0) is 88.5 Å². The third-order valence-electron chi connectivity index (χ3n) is 11.8. The molecule has 0 aliphatic carbocycles. The fourth-order valence-electron chi connectivity index (χ4n) is 8.97. The van der Waals surface area contributed by atoms with Crippen molar-refractivity contribution in [1.29, 1.82) is 0 Å². The normalized spacial score (nSPS) is 11.5. The van der Waals surface area contributed by atoms with E-state index in [1.807, 2.05) is 48.5 Å². The lowest BCUT2D eigenvalue weighted by molar-refractivity contribution is 0.669. The zero-order chi connectivity index (χ0) is 41.0. The maximum atomic E-state index is 6.61. The second-order valence-corrected chi connectivity index (χ2v) is 15.6. The summed E-state index contributed by atoms with van der Waals surface area (Å²) in [5.41, 5.74) is 14.4. The molecule has 9 aromatic carbocycles. The first kappa shape index (κ1) is 35.5. The van der Waals surface area contributed by atoms with Gasteiger partial charge in [0.25, 0.3) is 0 Å². The highest BCUT2D eigenvalue weighted by Crippen LogP contribution is 2.42. The van der Waals surface area contributed by atoms with Gasteiger partial charge >= 0.3 is 0 Å². The smallest absolute Gasteiger partial charge is 0.164 e. The minimum absolute atomic E-state index is 0.583. The van der Waals surface area contributed by atoms with E-state index in [9.17, 15) is 0 Å². The Kier molecular flexibility index (Phi) is 8.42. The molecule has 0 atom stereocenters. The molecule has 62 heavy (non-hydrogen) atoms. The maximum absolute atomic E-state index is 6.61. The summed E-state index contributed by atoms with van der Waals surface area (Å²) in [6.45, 7) is 0. The van der Waals surface area contributed by atoms with E-state index in [0.29, 0.717) is 17.5 Å². The summed E-state index contributed by atoms with van der Waals surface area (Å²) in [6.07, 6.45) is 0. The molecule has 0 aliphatic heterocycles. The SMILES string of the molecule is c1ccc(-c2cc(-c3ccccc3)cc(-c3nc(-c4ccccc4)nc(-c4ccc5oc6cccc(-c7ccccc7-n7c8ccccc8c8ccccc87)c6c5c4)n3)c2)cc1. The van der Waals surface area contributed by atoms with Gasteiger partial charge in [-0.1, -0.05) is 158 Å². The van der Waals surface area contributed by atoms with E-state index in [1.54, 1.807) is 0 Å². The van der Waals surface area contributed by atoms with Crippen molar-refractivity contribution in [3.8, 4) is 73.2 Å². The fraction of sp³-hybridized carbons (Fsp3) is 0. The summed E-state index contributed by atoms with van der Waals surface area (Å²) in [6, 6.07) is 76.3. The zero-order valence-electron chi connectivity index (χ0n) is 33.5. The number of para-hydroxylation sites is 3. The second kappa shape index (κ2) is 14.7. The van der Waals surface area contributed by atoms with Gasteiger partial charge in [-0.2, -0.15) is 0 Å². The molecule has 12 aromatic rings. The van der Waals surface area contributed by atoms with Gasteiger partial charge in [-0.25, -0.2) is 15.0 Å². The van der Waals surface area contributed by atoms with Crippen LogP contribution in [0.5, 0.6) is 0 Å². The molecule has 0 aliphatic rings. The van der Waals surface area contributed by atoms with E-state index in [4.69, 9.17) is 19.4 Å². The van der Waals surface area contributed by atoms with Crippen LogP contribution in [0.15, 0.2) is 223 Å². The Morgan fingerprint density at radius 2 is 0.806 bits per heavy atom. The Hall–Kier alpha value is -8.41. The second-order valence-electron chi connectivity index (χ2n) is 15.6. The average Bonchev–Trinajstić information content (AvgIpc) is 3.90. The Balaban J connectivity index is 1.06. The maximum Gasteiger partial charge on any atom is 0.164 e. The Bertz CT molecular complexity index is 3520. The van der Waals surface area contributed by atoms with Gasteiger partial charge < -0.3 is 8.98 Å². The van der Waals surface area contributed by atoms with Crippen LogP contribution in [-0.2, 0) is 0 Å². The van der Waals surface area contributed by atoms with Crippen LogP contribution in [0.4, 0.5) is 0 Å². The van der Waals surface area contributed by atoms with Crippen molar-refractivity contribution in [2.75, 3.05) is 0 Å². The summed E-state index contributed by atoms with van der Waals surface area (Å²) >= 11 is 0. The predicted octanol–water partition coefficient (Wildman–Crippen LogP) is 14.9. The molecule has 0 saturated carbocycles. The van der Waals surface area contributed by atoms with Crippen LogP contribution in [0.2, 0.25) is 0 Å². The number of fused-ring (bicyclic) bond motifs is 6. The number of hydrogen-bond acceptors (Lipinski definition) is 4. The van der Waals surface area contributed by atoms with Gasteiger partial charge in [-0.3, -0.25) is 0 Å². The van der Waals surface area contributed by atoms with Crippen molar-refractivity contribution in [3.63, 3.8) is 0 Å². The number of benzene rings is 9. The molecule has 0 amide bonds. The highest BCUT2D eigenvalue weighted by atomic mass is 16.3. The van der Waals surface area contributed by atoms with Gasteiger partial charge in [0.1, 0.15) is 11.2 Å². The van der Waals surface area contributed by atoms with Crippen LogP contribution in [-0.4, -0.2) is 19.5 Å². The van der Waals surface area contributed by atoms with Crippen LogP contribution in [0.25, 0.3) is 117 Å². The van der Waals surface area contributed by atoms with Crippen molar-refractivity contribution in [2.45, 2.75) is 0 Å². The minimum Gasteiger partial charge on any atom is -0.456 e. The first-order valence-electron chi connectivity index (χ1n) is 20.8. The Morgan fingerprint density at radius 3 is 1.45 bits per heavy atom. The van der Waals surface area contributed by atoms with Gasteiger partial charge in [0, 0.05) is 43.8 Å². The van der Waals surface area contributed by atoms with Gasteiger partial charge in [0.2, 0.25) is 0 Å². The van der Waals surface area contributed by atoms with Crippen molar-refractivity contribution in [2.24, 2.45) is 0 Å². The van der Waals surface area contributed by atoms with Crippen molar-refractivity contribution >= 4 is 43.7 Å². The first-order valence-corrected chi connectivity index (χ1v) is 20.8. The molecular weight excluding hydrogens is 757 g/mol. The van der Waals surface area contributed by atoms with Gasteiger partial charge in [0.05, 0.1) is 16.7 Å². The molecular formula is C57H36N4O. The average molecular weight is 793 g/mol. The van der Waals surface area contributed by atoms with Crippen LogP contribution in [0.1, 0.15) is 0 Å². The predicted molar refractivity (Wildman–Crippen MR) is 254 cm³/mol. The molecule has 12 rings (SSSR count). The molecule has 290 valence electrons. The molecule has 3 heterocycles. The zero-order valence-corrected chi connectivity index (χ0v) is 33.5. The standard InChI is InChI=1S/C57H36N4O/c1-4-17-37(18-5-1)41-33-42(38-19-6-2-7-20-38)35-43(34-41)57-59-55(39-21-8-3-9-22-39)58-56(60-57)40-31-32-52-48(36-40)54-47(26-16-30-53(54)62-52)46-25-12-15-29-51(46)61-49-27-13-10-23-44(49)45-24-11-14-28-50(45)61/h1-36H. The highest BCUT2D eigenvalue weighted by Gasteiger charge is 2.21. The summed E-state index contributed by atoms with van der Waals surface area (Å²) in [5, 5.41) is 4.48. The van der Waals surface area contributed by atoms with E-state index in [2.05, 4.69) is 174 Å². The summed E-state index contributed by atoms with van der Waals surface area (Å²) < 4.78 is 9.00. The van der Waals surface area contributed by atoms with Crippen molar-refractivity contribution in [1.82, 2.24) is 19.5 Å². The third-order valence-corrected chi connectivity index (χ3v) is 11.8. The van der Waals surface area contributed by atoms with E-state index in [1.165, 1.54) is 10.8 Å². The molecule has 0 radical (unpaired) electrons. The number of rotatable bonds is 7. The first-order chi connectivity index (χ1) is 30.7. The molecule has 0 unspecified atom stereocenters. The monoisotopic (exact) mass is 792 g/mol. The largest absolute Gasteiger partial charge is 0.456 e. The summed E-state index contributed by atoms with van der Waals surface area (Å²) in [5.74, 6) is 1.79. The third kappa shape index (κ3) is 6.06. The molecule has 0 bridgehead atoms. The molecule has 0 saturated heterocycles. The van der Waals surface area contributed by atoms with Crippen LogP contribution in [0.3, 0.4) is 0 Å². The Morgan fingerprint density at radius 1 is 0.306 bits per heavy atom. The molecule has 3 aromatic heterocycles. The molecule has 0 spiro atoms. The van der Waals surface area contributed by atoms with Crippen molar-refractivity contribution in [3.05, 3.63) is 218 Å². The lowest BCUT2D eigenvalue weighted by atomic mass is 9.95. The molecule has 0 N–H and O–H groups in total. The molecule has 5 nitrogen and oxygen atoms in total. The van der Waals surface area contributed by atoms with Crippen molar-refractivity contribution < 1.29 is 4.42 Å². The molecule has 0 fully saturated rings. The number of aromatic nitrogens is 4. The summed E-state index contributed by atoms with van der Waals surface area (Å²) in [7, 11) is 0. The lowest BCUT2D eigenvalue weighted by Gasteiger charge is -2.15. The minimum atomic E-state index is 0.583. The van der Waals surface area contributed by atoms with Gasteiger partial charge in [0.15, 0.2) is 17.5 Å². The van der Waals surface area contributed by atoms with Crippen LogP contribution in [0, 0.1) is 0 Å². The molecule has 5 heteroatoms. The number of hydrogen-bond donors (Lipinski definition) is 0. The van der Waals surface area contributed by atoms with E-state index in [-0.39, 0.29) is 0 Å². The topological polar surface area (TPSA) is 56.7 Å². The quantitative estimate of drug-likeness (QED) is 0.161. The van der Waals surface area contributed by atoms with Gasteiger partial charge in [-0.15, -0.1) is 0 Å². The number of furan rings is 1. The highest BCUT2D eigenvalue weighted by molar-refractivity contribution is 6.15. The number of nitrogens with zero attached hydrogens (tertiary/aromatic N) is 4. The van der Waals surface area contributed by atoms with Crippen LogP contribution < -0.4 is 0 Å². The Labute approximate surface area is 357 Å².